The van der Waals surface area contributed by atoms with Crippen molar-refractivity contribution in [1.29, 1.82) is 0 Å². The number of likely N-dealkylation sites (N-methyl/N-ethyl adjacent to an activating group) is 2. The Morgan fingerprint density at radius 2 is 1.39 bits per heavy atom. The van der Waals surface area contributed by atoms with Gasteiger partial charge in [-0.25, -0.2) is 0 Å². The van der Waals surface area contributed by atoms with Crippen molar-refractivity contribution in [3.63, 3.8) is 0 Å². The van der Waals surface area contributed by atoms with Gasteiger partial charge in [0.05, 0.1) is 11.4 Å². The van der Waals surface area contributed by atoms with Crippen LogP contribution in [0.5, 0.6) is 0 Å². The zero-order chi connectivity index (χ0) is 16.4. The molecule has 0 spiro atoms. The van der Waals surface area contributed by atoms with Gasteiger partial charge in [0.15, 0.2) is 0 Å². The third kappa shape index (κ3) is 3.55. The van der Waals surface area contributed by atoms with Crippen LogP contribution in [-0.2, 0) is 0 Å². The molecule has 0 bridgehead atoms. The van der Waals surface area contributed by atoms with Gasteiger partial charge >= 0.3 is 0 Å². The van der Waals surface area contributed by atoms with Crippen LogP contribution in [0, 0.1) is 0 Å². The first kappa shape index (κ1) is 16.4. The van der Waals surface area contributed by atoms with Crippen molar-refractivity contribution in [2.24, 2.45) is 0 Å². The molecule has 1 atom stereocenters. The molecule has 2 aromatic rings. The highest BCUT2D eigenvalue weighted by atomic mass is 32.2. The number of nitrogens with zero attached hydrogens (tertiary/aromatic N) is 3. The first-order valence-electron chi connectivity index (χ1n) is 8.01. The summed E-state index contributed by atoms with van der Waals surface area (Å²) in [5.41, 5.74) is 2.64. The second kappa shape index (κ2) is 6.95. The van der Waals surface area contributed by atoms with Gasteiger partial charge < -0.3 is 14.7 Å². The fraction of sp³-hybridized carbons (Fsp3) is 0.368. The lowest BCUT2D eigenvalue weighted by Crippen LogP contribution is -2.45. The normalized spacial score (nSPS) is 14.8. The van der Waals surface area contributed by atoms with Crippen LogP contribution in [0.1, 0.15) is 0 Å². The lowest BCUT2D eigenvalue weighted by Gasteiger charge is -2.38. The monoisotopic (exact) mass is 327 g/mol. The van der Waals surface area contributed by atoms with E-state index in [9.17, 15) is 0 Å². The van der Waals surface area contributed by atoms with Crippen molar-refractivity contribution in [3.05, 3.63) is 48.5 Å². The molecule has 122 valence electrons. The molecule has 0 amide bonds. The summed E-state index contributed by atoms with van der Waals surface area (Å²) in [6, 6.07) is 17.9. The fourth-order valence-electron chi connectivity index (χ4n) is 2.99. The van der Waals surface area contributed by atoms with Crippen LogP contribution in [-0.4, -0.2) is 57.1 Å². The lowest BCUT2D eigenvalue weighted by atomic mass is 10.1. The van der Waals surface area contributed by atoms with Gasteiger partial charge in [0, 0.05) is 28.9 Å². The largest absolute Gasteiger partial charge is 0.338 e. The van der Waals surface area contributed by atoms with E-state index in [-0.39, 0.29) is 0 Å². The Balaban J connectivity index is 1.97. The quantitative estimate of drug-likeness (QED) is 0.826. The Morgan fingerprint density at radius 1 is 0.870 bits per heavy atom. The van der Waals surface area contributed by atoms with E-state index < -0.39 is 0 Å². The molecule has 0 saturated carbocycles. The average Bonchev–Trinajstić information content (AvgIpc) is 2.53. The van der Waals surface area contributed by atoms with E-state index in [1.165, 1.54) is 21.2 Å². The molecule has 23 heavy (non-hydrogen) atoms. The summed E-state index contributed by atoms with van der Waals surface area (Å²) in [6.07, 6.45) is 0. The topological polar surface area (TPSA) is 9.72 Å². The maximum absolute atomic E-state index is 2.48. The van der Waals surface area contributed by atoms with Crippen molar-refractivity contribution in [2.75, 3.05) is 46.2 Å². The molecule has 0 unspecified atom stereocenters. The predicted molar refractivity (Wildman–Crippen MR) is 100 cm³/mol. The van der Waals surface area contributed by atoms with E-state index in [0.717, 1.165) is 13.1 Å². The van der Waals surface area contributed by atoms with Crippen LogP contribution in [0.2, 0.25) is 0 Å². The maximum Gasteiger partial charge on any atom is 0.0553 e. The summed E-state index contributed by atoms with van der Waals surface area (Å²) in [6.45, 7) is 2.03. The highest BCUT2D eigenvalue weighted by Gasteiger charge is 2.26. The summed E-state index contributed by atoms with van der Waals surface area (Å²) in [7, 11) is 8.63. The average molecular weight is 327 g/mol. The fourth-order valence-corrected chi connectivity index (χ4v) is 4.09. The standard InChI is InChI=1S/C19H25N3S/c1-20(2)13-15(21(3)4)14-22-16-9-5-7-11-18(16)23-19-12-8-6-10-17(19)22/h5-12,15H,13-14H2,1-4H3/t15-/m1/s1. The number of para-hydroxylation sites is 2. The molecule has 0 radical (unpaired) electrons. The van der Waals surface area contributed by atoms with Gasteiger partial charge in [-0.1, -0.05) is 36.0 Å². The Kier molecular flexibility index (Phi) is 4.95. The minimum atomic E-state index is 0.467. The number of fused-ring (bicyclic) bond motifs is 2. The summed E-state index contributed by atoms with van der Waals surface area (Å²) in [4.78, 5) is 9.76. The number of rotatable bonds is 5. The first-order valence-corrected chi connectivity index (χ1v) is 8.82. The van der Waals surface area contributed by atoms with Gasteiger partial charge in [0.2, 0.25) is 0 Å². The van der Waals surface area contributed by atoms with Crippen molar-refractivity contribution in [2.45, 2.75) is 15.8 Å². The van der Waals surface area contributed by atoms with Crippen LogP contribution < -0.4 is 4.90 Å². The summed E-state index contributed by atoms with van der Waals surface area (Å²) in [5, 5.41) is 0. The van der Waals surface area contributed by atoms with E-state index in [1.54, 1.807) is 0 Å². The molecule has 1 heterocycles. The number of hydrogen-bond donors (Lipinski definition) is 0. The van der Waals surface area contributed by atoms with Gasteiger partial charge in [0.1, 0.15) is 0 Å². The van der Waals surface area contributed by atoms with Gasteiger partial charge in [0.25, 0.3) is 0 Å². The number of hydrogen-bond acceptors (Lipinski definition) is 4. The van der Waals surface area contributed by atoms with Crippen molar-refractivity contribution in [3.8, 4) is 0 Å². The van der Waals surface area contributed by atoms with Crippen LogP contribution in [0.15, 0.2) is 58.3 Å². The van der Waals surface area contributed by atoms with E-state index in [0.29, 0.717) is 6.04 Å². The molecule has 0 aromatic heterocycles. The zero-order valence-corrected chi connectivity index (χ0v) is 15.2. The molecule has 0 aliphatic carbocycles. The second-order valence-electron chi connectivity index (χ2n) is 6.53. The van der Waals surface area contributed by atoms with E-state index in [4.69, 9.17) is 0 Å². The summed E-state index contributed by atoms with van der Waals surface area (Å²) in [5.74, 6) is 0. The molecular weight excluding hydrogens is 302 g/mol. The second-order valence-corrected chi connectivity index (χ2v) is 7.61. The highest BCUT2D eigenvalue weighted by Crippen LogP contribution is 2.47. The Labute approximate surface area is 143 Å². The van der Waals surface area contributed by atoms with E-state index in [1.807, 2.05) is 11.8 Å². The van der Waals surface area contributed by atoms with Crippen LogP contribution in [0.4, 0.5) is 11.4 Å². The zero-order valence-electron chi connectivity index (χ0n) is 14.4. The number of anilines is 2. The van der Waals surface area contributed by atoms with Gasteiger partial charge in [-0.3, -0.25) is 0 Å². The van der Waals surface area contributed by atoms with E-state index in [2.05, 4.69) is 91.4 Å². The lowest BCUT2D eigenvalue weighted by molar-refractivity contribution is 0.233. The molecule has 1 aliphatic rings. The third-order valence-electron chi connectivity index (χ3n) is 4.23. The molecule has 1 aliphatic heterocycles. The SMILES string of the molecule is CN(C)C[C@H](CN1c2ccccc2Sc2ccccc21)N(C)C. The van der Waals surface area contributed by atoms with Crippen molar-refractivity contribution >= 4 is 23.1 Å². The van der Waals surface area contributed by atoms with Crippen LogP contribution >= 0.6 is 11.8 Å². The molecule has 2 aromatic carbocycles. The molecule has 3 nitrogen and oxygen atoms in total. The molecule has 4 heteroatoms. The van der Waals surface area contributed by atoms with E-state index >= 15 is 0 Å². The Bertz CT molecular complexity index is 624. The summed E-state index contributed by atoms with van der Waals surface area (Å²) >= 11 is 1.87. The minimum Gasteiger partial charge on any atom is -0.338 e. The van der Waals surface area contributed by atoms with Crippen molar-refractivity contribution < 1.29 is 0 Å². The predicted octanol–water partition coefficient (Wildman–Crippen LogP) is 3.78. The summed E-state index contributed by atoms with van der Waals surface area (Å²) < 4.78 is 0. The van der Waals surface area contributed by atoms with Gasteiger partial charge in [-0.2, -0.15) is 0 Å². The van der Waals surface area contributed by atoms with Crippen LogP contribution in [0.3, 0.4) is 0 Å². The molecule has 0 fully saturated rings. The van der Waals surface area contributed by atoms with Crippen molar-refractivity contribution in [1.82, 2.24) is 9.80 Å². The molecule has 0 N–H and O–H groups in total. The smallest absolute Gasteiger partial charge is 0.0553 e. The molecule has 0 saturated heterocycles. The van der Waals surface area contributed by atoms with Gasteiger partial charge in [-0.05, 0) is 52.5 Å². The van der Waals surface area contributed by atoms with Gasteiger partial charge in [-0.15, -0.1) is 0 Å². The molecular formula is C19H25N3S. The van der Waals surface area contributed by atoms with Crippen LogP contribution in [0.25, 0.3) is 0 Å². The maximum atomic E-state index is 2.48. The Hall–Kier alpha value is -1.49. The highest BCUT2D eigenvalue weighted by molar-refractivity contribution is 7.99. The number of benzene rings is 2. The minimum absolute atomic E-state index is 0.467. The molecule has 3 rings (SSSR count). The Morgan fingerprint density at radius 3 is 1.87 bits per heavy atom. The third-order valence-corrected chi connectivity index (χ3v) is 5.36. The first-order chi connectivity index (χ1) is 11.1.